The number of rotatable bonds is 53. The number of ether oxygens (including phenoxy) is 3. The summed E-state index contributed by atoms with van der Waals surface area (Å²) in [5.74, 6) is -0.412. The van der Waals surface area contributed by atoms with E-state index < -0.39 is 6.10 Å². The standard InChI is InChI=1S/C61H110O5/c1-4-7-10-13-16-19-22-25-28-30-31-32-34-36-39-42-45-48-51-54-60(62)65-58-59(57-64-56-53-50-47-44-41-38-35-29-26-23-20-17-14-11-8-5-2)66-61(63)55-52-49-46-43-40-37-33-27-24-21-18-15-12-9-6-3/h8,11,17,20,26-27,29,33,38,41,59H,4-7,9-10,12-16,18-19,21-25,28,30-32,34-37,39-40,42-58H2,1-3H3/b11-8-,20-17-,29-26-,33-27-,41-38-. The molecule has 0 aromatic heterocycles. The van der Waals surface area contributed by atoms with Crippen LogP contribution >= 0.6 is 0 Å². The van der Waals surface area contributed by atoms with Gasteiger partial charge in [-0.1, -0.05) is 255 Å². The quantitative estimate of drug-likeness (QED) is 0.0346. The van der Waals surface area contributed by atoms with E-state index in [1.54, 1.807) is 0 Å². The van der Waals surface area contributed by atoms with Crippen LogP contribution in [0, 0.1) is 0 Å². The van der Waals surface area contributed by atoms with E-state index in [9.17, 15) is 9.59 Å². The fourth-order valence-electron chi connectivity index (χ4n) is 8.26. The lowest BCUT2D eigenvalue weighted by Crippen LogP contribution is -2.30. The van der Waals surface area contributed by atoms with Crippen LogP contribution in [0.2, 0.25) is 0 Å². The molecule has 0 aliphatic rings. The molecule has 0 amide bonds. The third kappa shape index (κ3) is 54.2. The van der Waals surface area contributed by atoms with Gasteiger partial charge in [-0.25, -0.2) is 0 Å². The molecule has 0 radical (unpaired) electrons. The zero-order valence-corrected chi connectivity index (χ0v) is 44.2. The highest BCUT2D eigenvalue weighted by atomic mass is 16.6. The summed E-state index contributed by atoms with van der Waals surface area (Å²) in [7, 11) is 0. The predicted molar refractivity (Wildman–Crippen MR) is 288 cm³/mol. The molecular weight excluding hydrogens is 813 g/mol. The Morgan fingerprint density at radius 1 is 0.348 bits per heavy atom. The van der Waals surface area contributed by atoms with Crippen LogP contribution in [-0.2, 0) is 23.8 Å². The molecule has 0 heterocycles. The Morgan fingerprint density at radius 3 is 1.11 bits per heavy atom. The molecule has 66 heavy (non-hydrogen) atoms. The molecule has 0 spiro atoms. The molecule has 0 aromatic carbocycles. The molecule has 1 unspecified atom stereocenters. The third-order valence-corrected chi connectivity index (χ3v) is 12.5. The first kappa shape index (κ1) is 63.6. The first-order valence-corrected chi connectivity index (χ1v) is 28.8. The molecule has 0 aliphatic heterocycles. The lowest BCUT2D eigenvalue weighted by atomic mass is 10.0. The molecule has 384 valence electrons. The fourth-order valence-corrected chi connectivity index (χ4v) is 8.26. The van der Waals surface area contributed by atoms with Crippen LogP contribution in [0.4, 0.5) is 0 Å². The van der Waals surface area contributed by atoms with Gasteiger partial charge < -0.3 is 14.2 Å². The van der Waals surface area contributed by atoms with Gasteiger partial charge in [0.1, 0.15) is 6.61 Å². The zero-order chi connectivity index (χ0) is 47.7. The first-order chi connectivity index (χ1) is 32.6. The summed E-state index contributed by atoms with van der Waals surface area (Å²) >= 11 is 0. The molecule has 0 aliphatic carbocycles. The van der Waals surface area contributed by atoms with Crippen LogP contribution in [0.5, 0.6) is 0 Å². The number of carbonyl (C=O) groups excluding carboxylic acids is 2. The molecule has 5 heteroatoms. The van der Waals surface area contributed by atoms with Crippen LogP contribution in [0.1, 0.15) is 290 Å². The highest BCUT2D eigenvalue weighted by Gasteiger charge is 2.17. The van der Waals surface area contributed by atoms with Gasteiger partial charge in [-0.3, -0.25) is 9.59 Å². The van der Waals surface area contributed by atoms with Gasteiger partial charge in [-0.05, 0) is 83.5 Å². The summed E-state index contributed by atoms with van der Waals surface area (Å²) in [6.07, 6.45) is 72.5. The highest BCUT2D eigenvalue weighted by Crippen LogP contribution is 2.16. The van der Waals surface area contributed by atoms with E-state index in [2.05, 4.69) is 81.5 Å². The number of carbonyl (C=O) groups is 2. The first-order valence-electron chi connectivity index (χ1n) is 28.8. The summed E-state index contributed by atoms with van der Waals surface area (Å²) in [4.78, 5) is 25.5. The predicted octanol–water partition coefficient (Wildman–Crippen LogP) is 19.7. The zero-order valence-electron chi connectivity index (χ0n) is 44.2. The second-order valence-electron chi connectivity index (χ2n) is 19.2. The van der Waals surface area contributed by atoms with Crippen LogP contribution in [-0.4, -0.2) is 37.9 Å². The largest absolute Gasteiger partial charge is 0.462 e. The maximum absolute atomic E-state index is 12.8. The van der Waals surface area contributed by atoms with Crippen molar-refractivity contribution < 1.29 is 23.8 Å². The molecule has 0 saturated heterocycles. The van der Waals surface area contributed by atoms with Crippen molar-refractivity contribution in [3.05, 3.63) is 60.8 Å². The van der Waals surface area contributed by atoms with E-state index >= 15 is 0 Å². The van der Waals surface area contributed by atoms with Crippen molar-refractivity contribution in [1.82, 2.24) is 0 Å². The Morgan fingerprint density at radius 2 is 0.682 bits per heavy atom. The summed E-state index contributed by atoms with van der Waals surface area (Å²) in [6.45, 7) is 7.67. The van der Waals surface area contributed by atoms with E-state index in [1.165, 1.54) is 167 Å². The van der Waals surface area contributed by atoms with E-state index in [4.69, 9.17) is 14.2 Å². The normalized spacial score (nSPS) is 12.6. The van der Waals surface area contributed by atoms with Crippen molar-refractivity contribution in [3.8, 4) is 0 Å². The van der Waals surface area contributed by atoms with Crippen LogP contribution in [0.25, 0.3) is 0 Å². The number of hydrogen-bond acceptors (Lipinski definition) is 5. The highest BCUT2D eigenvalue weighted by molar-refractivity contribution is 5.70. The Bertz CT molecular complexity index is 1130. The molecule has 0 fully saturated rings. The Kier molecular flexibility index (Phi) is 54.9. The van der Waals surface area contributed by atoms with Crippen molar-refractivity contribution in [2.75, 3.05) is 19.8 Å². The molecule has 0 aromatic rings. The number of esters is 2. The maximum atomic E-state index is 12.8. The Balaban J connectivity index is 4.28. The van der Waals surface area contributed by atoms with Gasteiger partial charge in [-0.15, -0.1) is 0 Å². The monoisotopic (exact) mass is 923 g/mol. The van der Waals surface area contributed by atoms with Gasteiger partial charge in [0.2, 0.25) is 0 Å². The number of allylic oxidation sites excluding steroid dienone is 10. The summed E-state index contributed by atoms with van der Waals surface area (Å²) < 4.78 is 17.4. The number of hydrogen-bond donors (Lipinski definition) is 0. The van der Waals surface area contributed by atoms with Crippen LogP contribution in [0.3, 0.4) is 0 Å². The molecule has 0 saturated carbocycles. The van der Waals surface area contributed by atoms with Gasteiger partial charge >= 0.3 is 11.9 Å². The maximum Gasteiger partial charge on any atom is 0.306 e. The molecular formula is C61H110O5. The molecule has 0 bridgehead atoms. The van der Waals surface area contributed by atoms with Crippen molar-refractivity contribution >= 4 is 11.9 Å². The van der Waals surface area contributed by atoms with Gasteiger partial charge in [0, 0.05) is 19.4 Å². The van der Waals surface area contributed by atoms with Crippen molar-refractivity contribution in [2.24, 2.45) is 0 Å². The van der Waals surface area contributed by atoms with Crippen molar-refractivity contribution in [1.29, 1.82) is 0 Å². The lowest BCUT2D eigenvalue weighted by Gasteiger charge is -2.18. The summed E-state index contributed by atoms with van der Waals surface area (Å²) in [6, 6.07) is 0. The van der Waals surface area contributed by atoms with Gasteiger partial charge in [-0.2, -0.15) is 0 Å². The third-order valence-electron chi connectivity index (χ3n) is 12.5. The summed E-state index contributed by atoms with van der Waals surface area (Å²) in [5, 5.41) is 0. The minimum absolute atomic E-state index is 0.0713. The topological polar surface area (TPSA) is 61.8 Å². The summed E-state index contributed by atoms with van der Waals surface area (Å²) in [5.41, 5.74) is 0. The Hall–Kier alpha value is -2.40. The van der Waals surface area contributed by atoms with E-state index in [0.717, 1.165) is 89.9 Å². The SMILES string of the molecule is CC/C=C\C/C=C\C/C=C\C/C=C\CCCCCOCC(COC(=O)CCCCCCCCCCCCCCCCCCCCC)OC(=O)CCCCCCC/C=C\CCCCCCCC. The minimum atomic E-state index is -0.556. The molecule has 5 nitrogen and oxygen atoms in total. The van der Waals surface area contributed by atoms with Crippen molar-refractivity contribution in [2.45, 2.75) is 297 Å². The average molecular weight is 924 g/mol. The molecule has 0 rings (SSSR count). The molecule has 1 atom stereocenters. The smallest absolute Gasteiger partial charge is 0.306 e. The lowest BCUT2D eigenvalue weighted by molar-refractivity contribution is -0.163. The second-order valence-corrected chi connectivity index (χ2v) is 19.2. The minimum Gasteiger partial charge on any atom is -0.462 e. The Labute approximate surface area is 411 Å². The molecule has 0 N–H and O–H groups in total. The van der Waals surface area contributed by atoms with Gasteiger partial charge in [0.25, 0.3) is 0 Å². The van der Waals surface area contributed by atoms with Crippen LogP contribution < -0.4 is 0 Å². The van der Waals surface area contributed by atoms with E-state index in [-0.39, 0.29) is 25.2 Å². The van der Waals surface area contributed by atoms with Gasteiger partial charge in [0.05, 0.1) is 6.61 Å². The van der Waals surface area contributed by atoms with Gasteiger partial charge in [0.15, 0.2) is 6.10 Å². The average Bonchev–Trinajstić information content (AvgIpc) is 3.32. The van der Waals surface area contributed by atoms with E-state index in [0.29, 0.717) is 19.4 Å². The van der Waals surface area contributed by atoms with E-state index in [1.807, 2.05) is 0 Å². The number of unbranched alkanes of at least 4 members (excludes halogenated alkanes) is 32. The fraction of sp³-hybridized carbons (Fsp3) is 0.803. The second kappa shape index (κ2) is 56.9. The van der Waals surface area contributed by atoms with Crippen LogP contribution in [0.15, 0.2) is 60.8 Å². The van der Waals surface area contributed by atoms with Crippen molar-refractivity contribution in [3.63, 3.8) is 0 Å².